The van der Waals surface area contributed by atoms with Gasteiger partial charge in [-0.2, -0.15) is 0 Å². The van der Waals surface area contributed by atoms with Crippen LogP contribution in [0.25, 0.3) is 0 Å². The molecule has 1 unspecified atom stereocenters. The highest BCUT2D eigenvalue weighted by Gasteiger charge is 2.15. The molecule has 0 spiro atoms. The number of benzene rings is 1. The van der Waals surface area contributed by atoms with E-state index in [1.54, 1.807) is 0 Å². The summed E-state index contributed by atoms with van der Waals surface area (Å²) in [5.74, 6) is 0.0484. The molecule has 0 aromatic heterocycles. The monoisotopic (exact) mass is 262 g/mol. The van der Waals surface area contributed by atoms with Gasteiger partial charge in [-0.3, -0.25) is 4.79 Å². The minimum absolute atomic E-state index is 0.00516. The molecule has 0 radical (unpaired) electrons. The Morgan fingerprint density at radius 3 is 2.89 bits per heavy atom. The van der Waals surface area contributed by atoms with Crippen LogP contribution < -0.4 is 10.6 Å². The lowest BCUT2D eigenvalue weighted by Crippen LogP contribution is -2.32. The molecule has 1 aliphatic heterocycles. The maximum Gasteiger partial charge on any atom is 0.220 e. The quantitative estimate of drug-likeness (QED) is 0.797. The second kappa shape index (κ2) is 7.23. The number of hydrogen-bond acceptors (Lipinski definition) is 4. The van der Waals surface area contributed by atoms with E-state index in [0.717, 1.165) is 11.5 Å². The first kappa shape index (κ1) is 14.0. The standard InChI is InChI=1S/C14H20N3O2/c18-14(7-6-12-4-2-1-3-5-12)16-9-8-13-10-15-11-17(13)19/h1-5,13,15H,6-11H2,(H,16,18)/q-1. The van der Waals surface area contributed by atoms with E-state index in [-0.39, 0.29) is 11.9 Å². The largest absolute Gasteiger partial charge is 0.784 e. The highest BCUT2D eigenvalue weighted by Crippen LogP contribution is 2.06. The molecular formula is C14H20N3O2-. The lowest BCUT2D eigenvalue weighted by Gasteiger charge is -2.28. The van der Waals surface area contributed by atoms with E-state index in [2.05, 4.69) is 10.6 Å². The first-order chi connectivity index (χ1) is 9.25. The summed E-state index contributed by atoms with van der Waals surface area (Å²) in [6.07, 6.45) is 1.95. The Kier molecular flexibility index (Phi) is 5.32. The molecule has 0 saturated carbocycles. The second-order valence-electron chi connectivity index (χ2n) is 4.81. The third-order valence-electron chi connectivity index (χ3n) is 3.34. The average molecular weight is 262 g/mol. The van der Waals surface area contributed by atoms with Gasteiger partial charge in [-0.15, -0.1) is 0 Å². The van der Waals surface area contributed by atoms with Gasteiger partial charge < -0.3 is 20.9 Å². The Morgan fingerprint density at radius 2 is 2.21 bits per heavy atom. The summed E-state index contributed by atoms with van der Waals surface area (Å²) >= 11 is 0. The minimum Gasteiger partial charge on any atom is -0.784 e. The van der Waals surface area contributed by atoms with E-state index >= 15 is 0 Å². The fraction of sp³-hybridized carbons (Fsp3) is 0.500. The predicted octanol–water partition coefficient (Wildman–Crippen LogP) is 0.855. The van der Waals surface area contributed by atoms with E-state index in [0.29, 0.717) is 32.6 Å². The van der Waals surface area contributed by atoms with Crippen molar-refractivity contribution in [3.05, 3.63) is 41.1 Å². The molecule has 1 heterocycles. The number of carbonyl (C=O) groups is 1. The van der Waals surface area contributed by atoms with E-state index in [1.807, 2.05) is 30.3 Å². The van der Waals surface area contributed by atoms with Gasteiger partial charge >= 0.3 is 0 Å². The number of aryl methyl sites for hydroxylation is 1. The highest BCUT2D eigenvalue weighted by molar-refractivity contribution is 5.76. The van der Waals surface area contributed by atoms with Crippen LogP contribution in [-0.4, -0.2) is 36.8 Å². The van der Waals surface area contributed by atoms with Crippen LogP contribution >= 0.6 is 0 Å². The number of amides is 1. The molecule has 5 nitrogen and oxygen atoms in total. The number of hydroxylamine groups is 2. The smallest absolute Gasteiger partial charge is 0.220 e. The third kappa shape index (κ3) is 4.63. The van der Waals surface area contributed by atoms with Crippen LogP contribution in [0, 0.1) is 5.21 Å². The molecular weight excluding hydrogens is 242 g/mol. The van der Waals surface area contributed by atoms with Gasteiger partial charge in [-0.1, -0.05) is 30.3 Å². The molecule has 1 aromatic carbocycles. The zero-order valence-corrected chi connectivity index (χ0v) is 11.0. The van der Waals surface area contributed by atoms with Crippen molar-refractivity contribution in [2.45, 2.75) is 25.3 Å². The van der Waals surface area contributed by atoms with E-state index in [4.69, 9.17) is 0 Å². The molecule has 1 aliphatic rings. The van der Waals surface area contributed by atoms with Gasteiger partial charge in [0.2, 0.25) is 5.91 Å². The van der Waals surface area contributed by atoms with Gasteiger partial charge in [-0.05, 0) is 18.4 Å². The number of hydrogen-bond donors (Lipinski definition) is 2. The number of nitrogens with one attached hydrogen (secondary N) is 2. The fourth-order valence-electron chi connectivity index (χ4n) is 2.19. The van der Waals surface area contributed by atoms with Crippen LogP contribution in [0.4, 0.5) is 0 Å². The zero-order valence-electron chi connectivity index (χ0n) is 11.0. The van der Waals surface area contributed by atoms with Crippen molar-refractivity contribution < 1.29 is 4.79 Å². The van der Waals surface area contributed by atoms with Crippen molar-refractivity contribution in [1.82, 2.24) is 15.7 Å². The van der Waals surface area contributed by atoms with Gasteiger partial charge in [0, 0.05) is 32.2 Å². The summed E-state index contributed by atoms with van der Waals surface area (Å²) in [4.78, 5) is 11.7. The Balaban J connectivity index is 1.60. The van der Waals surface area contributed by atoms with Gasteiger partial charge in [0.15, 0.2) is 0 Å². The summed E-state index contributed by atoms with van der Waals surface area (Å²) in [6, 6.07) is 9.95. The molecule has 1 fully saturated rings. The summed E-state index contributed by atoms with van der Waals surface area (Å²) in [7, 11) is 0. The molecule has 5 heteroatoms. The van der Waals surface area contributed by atoms with Crippen LogP contribution in [0.2, 0.25) is 0 Å². The van der Waals surface area contributed by atoms with Crippen molar-refractivity contribution in [3.8, 4) is 0 Å². The lowest BCUT2D eigenvalue weighted by molar-refractivity contribution is -0.121. The van der Waals surface area contributed by atoms with Crippen LogP contribution in [0.5, 0.6) is 0 Å². The molecule has 2 N–H and O–H groups in total. The third-order valence-corrected chi connectivity index (χ3v) is 3.34. The van der Waals surface area contributed by atoms with Crippen LogP contribution in [0.15, 0.2) is 30.3 Å². The Hall–Kier alpha value is -1.43. The summed E-state index contributed by atoms with van der Waals surface area (Å²) in [6.45, 7) is 1.68. The zero-order chi connectivity index (χ0) is 13.5. The topological polar surface area (TPSA) is 67.4 Å². The maximum absolute atomic E-state index is 11.7. The van der Waals surface area contributed by atoms with Gasteiger partial charge in [-0.25, -0.2) is 0 Å². The highest BCUT2D eigenvalue weighted by atomic mass is 16.5. The SMILES string of the molecule is O=C(CCc1ccccc1)NCCC1CNCN1[O-]. The molecule has 1 amide bonds. The average Bonchev–Trinajstić information content (AvgIpc) is 2.83. The van der Waals surface area contributed by atoms with Gasteiger partial charge in [0.1, 0.15) is 0 Å². The summed E-state index contributed by atoms with van der Waals surface area (Å²) in [5, 5.41) is 18.2. The molecule has 1 aromatic rings. The van der Waals surface area contributed by atoms with Crippen LogP contribution in [0.1, 0.15) is 18.4 Å². The second-order valence-corrected chi connectivity index (χ2v) is 4.81. The lowest BCUT2D eigenvalue weighted by atomic mass is 10.1. The molecule has 2 rings (SSSR count). The first-order valence-electron chi connectivity index (χ1n) is 6.71. The van der Waals surface area contributed by atoms with E-state index in [1.165, 1.54) is 5.56 Å². The Morgan fingerprint density at radius 1 is 1.42 bits per heavy atom. The Bertz CT molecular complexity index is 397. The first-order valence-corrected chi connectivity index (χ1v) is 6.71. The van der Waals surface area contributed by atoms with E-state index in [9.17, 15) is 10.0 Å². The van der Waals surface area contributed by atoms with Crippen molar-refractivity contribution in [2.75, 3.05) is 19.8 Å². The fourth-order valence-corrected chi connectivity index (χ4v) is 2.19. The van der Waals surface area contributed by atoms with Gasteiger partial charge in [0.05, 0.1) is 0 Å². The van der Waals surface area contributed by atoms with Crippen LogP contribution in [-0.2, 0) is 11.2 Å². The van der Waals surface area contributed by atoms with E-state index < -0.39 is 0 Å². The van der Waals surface area contributed by atoms with Crippen molar-refractivity contribution in [2.24, 2.45) is 0 Å². The van der Waals surface area contributed by atoms with Gasteiger partial charge in [0.25, 0.3) is 0 Å². The van der Waals surface area contributed by atoms with Crippen LogP contribution in [0.3, 0.4) is 0 Å². The van der Waals surface area contributed by atoms with Crippen molar-refractivity contribution >= 4 is 5.91 Å². The molecule has 19 heavy (non-hydrogen) atoms. The summed E-state index contributed by atoms with van der Waals surface area (Å²) < 4.78 is 0. The normalized spacial score (nSPS) is 19.5. The molecule has 104 valence electrons. The molecule has 0 aliphatic carbocycles. The maximum atomic E-state index is 11.7. The Labute approximate surface area is 113 Å². The molecule has 0 bridgehead atoms. The predicted molar refractivity (Wildman–Crippen MR) is 74.3 cm³/mol. The number of carbonyl (C=O) groups excluding carboxylic acids is 1. The summed E-state index contributed by atoms with van der Waals surface area (Å²) in [5.41, 5.74) is 1.17. The molecule has 1 atom stereocenters. The van der Waals surface area contributed by atoms with Crippen molar-refractivity contribution in [3.63, 3.8) is 0 Å². The minimum atomic E-state index is -0.00516. The number of nitrogens with zero attached hydrogens (tertiary/aromatic N) is 1. The number of rotatable bonds is 6. The molecule has 1 saturated heterocycles. The van der Waals surface area contributed by atoms with Crippen molar-refractivity contribution in [1.29, 1.82) is 0 Å².